The van der Waals surface area contributed by atoms with Crippen molar-refractivity contribution >= 4 is 0 Å². The SMILES string of the molecule is C.C.CC1=CCOCC1.CN1CCOCC1. The van der Waals surface area contributed by atoms with Crippen LogP contribution in [0.1, 0.15) is 28.2 Å². The molecule has 3 nitrogen and oxygen atoms in total. The standard InChI is InChI=1S/C6H10O.C5H11NO.2CH4/c2*1-6-2-4-7-5-3-6;;/h2H,3-5H2,1H3;2-5H2,1H3;2*1H4. The third-order valence-electron chi connectivity index (χ3n) is 2.43. The average molecular weight is 231 g/mol. The number of hydrogen-bond acceptors (Lipinski definition) is 3. The first-order valence-electron chi connectivity index (χ1n) is 5.28. The van der Waals surface area contributed by atoms with Crippen molar-refractivity contribution in [1.29, 1.82) is 0 Å². The fraction of sp³-hybridized carbons (Fsp3) is 0.846. The minimum atomic E-state index is 0. The summed E-state index contributed by atoms with van der Waals surface area (Å²) in [7, 11) is 2.11. The van der Waals surface area contributed by atoms with Gasteiger partial charge in [0.05, 0.1) is 26.4 Å². The number of morpholine rings is 1. The molecule has 0 saturated carbocycles. The molecular weight excluding hydrogens is 202 g/mol. The van der Waals surface area contributed by atoms with E-state index in [1.807, 2.05) is 0 Å². The quantitative estimate of drug-likeness (QED) is 0.598. The van der Waals surface area contributed by atoms with Gasteiger partial charge in [-0.2, -0.15) is 0 Å². The Labute approximate surface area is 101 Å². The molecule has 16 heavy (non-hydrogen) atoms. The molecule has 2 rings (SSSR count). The van der Waals surface area contributed by atoms with Crippen LogP contribution in [0.3, 0.4) is 0 Å². The van der Waals surface area contributed by atoms with Gasteiger partial charge in [-0.1, -0.05) is 26.5 Å². The predicted molar refractivity (Wildman–Crippen MR) is 71.0 cm³/mol. The lowest BCUT2D eigenvalue weighted by molar-refractivity contribution is 0.0503. The highest BCUT2D eigenvalue weighted by molar-refractivity contribution is 4.99. The molecule has 0 aromatic heterocycles. The summed E-state index contributed by atoms with van der Waals surface area (Å²) in [5.41, 5.74) is 1.46. The lowest BCUT2D eigenvalue weighted by Crippen LogP contribution is -2.32. The first-order valence-corrected chi connectivity index (χ1v) is 5.28. The second-order valence-electron chi connectivity index (χ2n) is 3.79. The summed E-state index contributed by atoms with van der Waals surface area (Å²) >= 11 is 0. The van der Waals surface area contributed by atoms with Crippen LogP contribution < -0.4 is 0 Å². The van der Waals surface area contributed by atoms with Gasteiger partial charge in [-0.05, 0) is 20.4 Å². The number of likely N-dealkylation sites (N-methyl/N-ethyl adjacent to an activating group) is 1. The van der Waals surface area contributed by atoms with Crippen LogP contribution in [0.2, 0.25) is 0 Å². The zero-order chi connectivity index (χ0) is 10.2. The molecule has 0 radical (unpaired) electrons. The lowest BCUT2D eigenvalue weighted by Gasteiger charge is -2.21. The summed E-state index contributed by atoms with van der Waals surface area (Å²) in [4.78, 5) is 2.27. The van der Waals surface area contributed by atoms with E-state index < -0.39 is 0 Å². The maximum Gasteiger partial charge on any atom is 0.0650 e. The van der Waals surface area contributed by atoms with Gasteiger partial charge >= 0.3 is 0 Å². The molecule has 98 valence electrons. The van der Waals surface area contributed by atoms with Gasteiger partial charge < -0.3 is 14.4 Å². The molecule has 2 aliphatic heterocycles. The number of rotatable bonds is 0. The van der Waals surface area contributed by atoms with E-state index >= 15 is 0 Å². The van der Waals surface area contributed by atoms with Crippen LogP contribution in [-0.2, 0) is 9.47 Å². The first-order chi connectivity index (χ1) is 6.79. The first kappa shape index (κ1) is 18.0. The third-order valence-corrected chi connectivity index (χ3v) is 2.43. The van der Waals surface area contributed by atoms with Gasteiger partial charge in [-0.15, -0.1) is 0 Å². The van der Waals surface area contributed by atoms with Crippen molar-refractivity contribution in [2.45, 2.75) is 28.2 Å². The van der Waals surface area contributed by atoms with Gasteiger partial charge in [0, 0.05) is 13.1 Å². The molecule has 1 fully saturated rings. The van der Waals surface area contributed by atoms with E-state index in [2.05, 4.69) is 24.9 Å². The topological polar surface area (TPSA) is 21.7 Å². The highest BCUT2D eigenvalue weighted by Gasteiger charge is 2.02. The maximum absolute atomic E-state index is 5.10. The zero-order valence-corrected chi connectivity index (χ0v) is 9.29. The number of nitrogens with zero attached hydrogens (tertiary/aromatic N) is 1. The maximum atomic E-state index is 5.10. The second-order valence-corrected chi connectivity index (χ2v) is 3.79. The largest absolute Gasteiger partial charge is 0.379 e. The fourth-order valence-electron chi connectivity index (χ4n) is 1.27. The Bertz CT molecular complexity index is 175. The van der Waals surface area contributed by atoms with Crippen molar-refractivity contribution < 1.29 is 9.47 Å². The molecule has 2 heterocycles. The normalized spacial score (nSPS) is 20.5. The van der Waals surface area contributed by atoms with E-state index in [4.69, 9.17) is 9.47 Å². The van der Waals surface area contributed by atoms with Gasteiger partial charge in [0.15, 0.2) is 0 Å². The van der Waals surface area contributed by atoms with E-state index in [1.54, 1.807) is 0 Å². The van der Waals surface area contributed by atoms with Gasteiger partial charge in [0.1, 0.15) is 0 Å². The molecular formula is C13H29NO2. The Morgan fingerprint density at radius 1 is 1.06 bits per heavy atom. The molecule has 3 heteroatoms. The Morgan fingerprint density at radius 2 is 1.69 bits per heavy atom. The van der Waals surface area contributed by atoms with Crippen LogP contribution in [0.25, 0.3) is 0 Å². The molecule has 0 unspecified atom stereocenters. The monoisotopic (exact) mass is 231 g/mol. The van der Waals surface area contributed by atoms with Crippen LogP contribution in [0, 0.1) is 0 Å². The summed E-state index contributed by atoms with van der Waals surface area (Å²) in [6, 6.07) is 0. The third kappa shape index (κ3) is 8.89. The van der Waals surface area contributed by atoms with Gasteiger partial charge in [0.2, 0.25) is 0 Å². The average Bonchev–Trinajstić information content (AvgIpc) is 2.21. The van der Waals surface area contributed by atoms with Crippen LogP contribution in [-0.4, -0.2) is 51.5 Å². The van der Waals surface area contributed by atoms with Crippen molar-refractivity contribution in [1.82, 2.24) is 4.90 Å². The summed E-state index contributed by atoms with van der Waals surface area (Å²) < 4.78 is 10.2. The van der Waals surface area contributed by atoms with Crippen LogP contribution in [0.5, 0.6) is 0 Å². The van der Waals surface area contributed by atoms with Crippen molar-refractivity contribution in [2.24, 2.45) is 0 Å². The minimum Gasteiger partial charge on any atom is -0.379 e. The highest BCUT2D eigenvalue weighted by Crippen LogP contribution is 2.04. The molecule has 0 aromatic rings. The van der Waals surface area contributed by atoms with Gasteiger partial charge in [-0.25, -0.2) is 0 Å². The van der Waals surface area contributed by atoms with Crippen LogP contribution in [0.4, 0.5) is 0 Å². The van der Waals surface area contributed by atoms with Crippen LogP contribution >= 0.6 is 0 Å². The summed E-state index contributed by atoms with van der Waals surface area (Å²) in [6.07, 6.45) is 3.25. The summed E-state index contributed by atoms with van der Waals surface area (Å²) in [5.74, 6) is 0. The Morgan fingerprint density at radius 3 is 1.94 bits per heavy atom. The number of hydrogen-bond donors (Lipinski definition) is 0. The highest BCUT2D eigenvalue weighted by atomic mass is 16.5. The molecule has 0 atom stereocenters. The van der Waals surface area contributed by atoms with Gasteiger partial charge in [-0.3, -0.25) is 0 Å². The van der Waals surface area contributed by atoms with Crippen molar-refractivity contribution in [3.05, 3.63) is 11.6 Å². The summed E-state index contributed by atoms with van der Waals surface area (Å²) in [5, 5.41) is 0. The van der Waals surface area contributed by atoms with E-state index in [0.29, 0.717) is 0 Å². The molecule has 0 aromatic carbocycles. The number of ether oxygens (including phenoxy) is 2. The van der Waals surface area contributed by atoms with E-state index in [0.717, 1.165) is 45.9 Å². The second kappa shape index (κ2) is 11.1. The smallest absolute Gasteiger partial charge is 0.0650 e. The molecule has 1 saturated heterocycles. The molecule has 0 bridgehead atoms. The minimum absolute atomic E-state index is 0. The Hall–Kier alpha value is -0.380. The fourth-order valence-corrected chi connectivity index (χ4v) is 1.27. The Balaban J connectivity index is 0. The van der Waals surface area contributed by atoms with E-state index in [1.165, 1.54) is 5.57 Å². The van der Waals surface area contributed by atoms with Gasteiger partial charge in [0.25, 0.3) is 0 Å². The lowest BCUT2D eigenvalue weighted by atomic mass is 10.2. The van der Waals surface area contributed by atoms with Crippen molar-refractivity contribution in [2.75, 3.05) is 46.6 Å². The van der Waals surface area contributed by atoms with E-state index in [9.17, 15) is 0 Å². The molecule has 0 N–H and O–H groups in total. The predicted octanol–water partition coefficient (Wildman–Crippen LogP) is 2.57. The molecule has 0 aliphatic carbocycles. The van der Waals surface area contributed by atoms with Crippen molar-refractivity contribution in [3.63, 3.8) is 0 Å². The molecule has 2 aliphatic rings. The van der Waals surface area contributed by atoms with Crippen molar-refractivity contribution in [3.8, 4) is 0 Å². The summed E-state index contributed by atoms with van der Waals surface area (Å²) in [6.45, 7) is 7.91. The van der Waals surface area contributed by atoms with Crippen LogP contribution in [0.15, 0.2) is 11.6 Å². The Kier molecular flexibility index (Phi) is 12.5. The molecule has 0 amide bonds. The zero-order valence-electron chi connectivity index (χ0n) is 9.29. The van der Waals surface area contributed by atoms with E-state index in [-0.39, 0.29) is 14.9 Å². The molecule has 0 spiro atoms.